The number of fused-ring (bicyclic) bond motifs is 2. The van der Waals surface area contributed by atoms with E-state index in [1.807, 2.05) is 18.2 Å². The molecular weight excluding hydrogens is 354 g/mol. The van der Waals surface area contributed by atoms with Crippen LogP contribution in [0.5, 0.6) is 0 Å². The molecule has 0 spiro atoms. The molecule has 7 nitrogen and oxygen atoms in total. The second kappa shape index (κ2) is 8.47. The van der Waals surface area contributed by atoms with E-state index in [9.17, 15) is 9.59 Å². The highest BCUT2D eigenvalue weighted by Gasteiger charge is 2.42. The maximum Gasteiger partial charge on any atom is 0.321 e. The van der Waals surface area contributed by atoms with Crippen molar-refractivity contribution in [2.45, 2.75) is 38.6 Å². The Bertz CT molecular complexity index is 689. The van der Waals surface area contributed by atoms with Crippen LogP contribution in [-0.2, 0) is 4.79 Å². The zero-order valence-electron chi connectivity index (χ0n) is 16.6. The van der Waals surface area contributed by atoms with Crippen molar-refractivity contribution in [3.8, 4) is 0 Å². The van der Waals surface area contributed by atoms with Gasteiger partial charge in [0.2, 0.25) is 5.91 Å². The molecule has 1 aromatic heterocycles. The predicted octanol–water partition coefficient (Wildman–Crippen LogP) is 1.85. The summed E-state index contributed by atoms with van der Waals surface area (Å²) >= 11 is 0. The standard InChI is InChI=1S/C21H31N5O2/c1-15(18-13-16-5-6-17(18)12-16)23-21(28)24-20(27)14-25-8-10-26(11-9-25)19-4-2-3-7-22-19/h2-4,7,15-18H,5-6,8-14H2,1H3,(H2,23,24,27,28). The summed E-state index contributed by atoms with van der Waals surface area (Å²) < 4.78 is 0. The van der Waals surface area contributed by atoms with E-state index in [1.165, 1.54) is 25.7 Å². The number of aromatic nitrogens is 1. The normalized spacial score (nSPS) is 28.2. The fraction of sp³-hybridized carbons (Fsp3) is 0.667. The van der Waals surface area contributed by atoms with Crippen molar-refractivity contribution < 1.29 is 9.59 Å². The summed E-state index contributed by atoms with van der Waals surface area (Å²) in [5, 5.41) is 5.51. The lowest BCUT2D eigenvalue weighted by Crippen LogP contribution is -2.52. The molecule has 3 amide bonds. The number of anilines is 1. The Morgan fingerprint density at radius 2 is 2.00 bits per heavy atom. The molecule has 2 heterocycles. The second-order valence-electron chi connectivity index (χ2n) is 8.60. The van der Waals surface area contributed by atoms with E-state index >= 15 is 0 Å². The maximum atomic E-state index is 12.3. The van der Waals surface area contributed by atoms with Crippen LogP contribution in [0.4, 0.5) is 10.6 Å². The smallest absolute Gasteiger partial charge is 0.321 e. The van der Waals surface area contributed by atoms with E-state index in [1.54, 1.807) is 6.20 Å². The van der Waals surface area contributed by atoms with Crippen LogP contribution in [0.3, 0.4) is 0 Å². The number of urea groups is 1. The predicted molar refractivity (Wildman–Crippen MR) is 108 cm³/mol. The average Bonchev–Trinajstić information content (AvgIpc) is 3.32. The van der Waals surface area contributed by atoms with Gasteiger partial charge in [-0.1, -0.05) is 12.5 Å². The number of nitrogens with zero attached hydrogens (tertiary/aromatic N) is 3. The minimum absolute atomic E-state index is 0.130. The van der Waals surface area contributed by atoms with Crippen LogP contribution in [0.2, 0.25) is 0 Å². The molecule has 2 aliphatic carbocycles. The van der Waals surface area contributed by atoms with E-state index in [-0.39, 0.29) is 24.5 Å². The van der Waals surface area contributed by atoms with Crippen LogP contribution in [0.25, 0.3) is 0 Å². The first kappa shape index (κ1) is 19.2. The molecule has 3 aliphatic rings. The van der Waals surface area contributed by atoms with Gasteiger partial charge in [0, 0.05) is 38.4 Å². The monoisotopic (exact) mass is 385 g/mol. The molecule has 4 atom stereocenters. The Morgan fingerprint density at radius 3 is 2.64 bits per heavy atom. The summed E-state index contributed by atoms with van der Waals surface area (Å²) in [6.45, 7) is 5.56. The number of carbonyl (C=O) groups is 2. The van der Waals surface area contributed by atoms with Gasteiger partial charge in [0.1, 0.15) is 5.82 Å². The summed E-state index contributed by atoms with van der Waals surface area (Å²) in [7, 11) is 0. The average molecular weight is 386 g/mol. The molecule has 28 heavy (non-hydrogen) atoms. The molecule has 152 valence electrons. The van der Waals surface area contributed by atoms with Crippen molar-refractivity contribution in [1.29, 1.82) is 0 Å². The van der Waals surface area contributed by atoms with Gasteiger partial charge in [-0.05, 0) is 56.1 Å². The molecular formula is C21H31N5O2. The summed E-state index contributed by atoms with van der Waals surface area (Å²) in [6, 6.07) is 5.67. The molecule has 3 fully saturated rings. The van der Waals surface area contributed by atoms with Gasteiger partial charge in [0.05, 0.1) is 6.54 Å². The van der Waals surface area contributed by atoms with Crippen LogP contribution in [0.15, 0.2) is 24.4 Å². The molecule has 7 heteroatoms. The van der Waals surface area contributed by atoms with E-state index in [0.29, 0.717) is 5.92 Å². The van der Waals surface area contributed by atoms with Gasteiger partial charge < -0.3 is 10.2 Å². The van der Waals surface area contributed by atoms with Gasteiger partial charge in [-0.2, -0.15) is 0 Å². The van der Waals surface area contributed by atoms with Gasteiger partial charge >= 0.3 is 6.03 Å². The third kappa shape index (κ3) is 4.46. The molecule has 2 bridgehead atoms. The number of hydrogen-bond acceptors (Lipinski definition) is 5. The third-order valence-electron chi connectivity index (χ3n) is 6.76. The topological polar surface area (TPSA) is 77.6 Å². The van der Waals surface area contributed by atoms with Crippen molar-refractivity contribution >= 4 is 17.8 Å². The first-order chi connectivity index (χ1) is 13.6. The van der Waals surface area contributed by atoms with Gasteiger partial charge in [-0.15, -0.1) is 0 Å². The zero-order chi connectivity index (χ0) is 19.5. The van der Waals surface area contributed by atoms with Crippen LogP contribution in [-0.4, -0.2) is 60.6 Å². The minimum atomic E-state index is -0.354. The fourth-order valence-electron chi connectivity index (χ4n) is 5.30. The highest BCUT2D eigenvalue weighted by Crippen LogP contribution is 2.49. The summed E-state index contributed by atoms with van der Waals surface area (Å²) in [4.78, 5) is 33.2. The Balaban J connectivity index is 1.17. The Hall–Kier alpha value is -2.15. The molecule has 2 saturated carbocycles. The van der Waals surface area contributed by atoms with Gasteiger partial charge in [0.15, 0.2) is 0 Å². The number of piperazine rings is 1. The molecule has 2 N–H and O–H groups in total. The lowest BCUT2D eigenvalue weighted by molar-refractivity contribution is -0.121. The first-order valence-electron chi connectivity index (χ1n) is 10.6. The van der Waals surface area contributed by atoms with Crippen LogP contribution in [0.1, 0.15) is 32.6 Å². The third-order valence-corrected chi connectivity index (χ3v) is 6.76. The summed E-state index contributed by atoms with van der Waals surface area (Å²) in [5.41, 5.74) is 0. The zero-order valence-corrected chi connectivity index (χ0v) is 16.6. The quantitative estimate of drug-likeness (QED) is 0.809. The minimum Gasteiger partial charge on any atom is -0.354 e. The Kier molecular flexibility index (Phi) is 5.80. The summed E-state index contributed by atoms with van der Waals surface area (Å²) in [5.74, 6) is 2.92. The summed E-state index contributed by atoms with van der Waals surface area (Å²) in [6.07, 6.45) is 6.99. The van der Waals surface area contributed by atoms with E-state index in [0.717, 1.165) is 43.8 Å². The molecule has 0 radical (unpaired) electrons. The van der Waals surface area contributed by atoms with Crippen molar-refractivity contribution in [1.82, 2.24) is 20.5 Å². The Labute approximate surface area is 166 Å². The highest BCUT2D eigenvalue weighted by atomic mass is 16.2. The number of carbonyl (C=O) groups excluding carboxylic acids is 2. The second-order valence-corrected chi connectivity index (χ2v) is 8.60. The molecule has 1 saturated heterocycles. The SMILES string of the molecule is CC(NC(=O)NC(=O)CN1CCN(c2ccccn2)CC1)C1CC2CCC1C2. The van der Waals surface area contributed by atoms with Gasteiger partial charge in [-0.3, -0.25) is 15.0 Å². The lowest BCUT2D eigenvalue weighted by atomic mass is 9.84. The van der Waals surface area contributed by atoms with Crippen molar-refractivity contribution in [2.75, 3.05) is 37.6 Å². The first-order valence-corrected chi connectivity index (χ1v) is 10.6. The lowest BCUT2D eigenvalue weighted by Gasteiger charge is -2.35. The molecule has 4 unspecified atom stereocenters. The van der Waals surface area contributed by atoms with E-state index in [4.69, 9.17) is 0 Å². The number of imide groups is 1. The fourth-order valence-corrected chi connectivity index (χ4v) is 5.30. The number of pyridine rings is 1. The van der Waals surface area contributed by atoms with E-state index < -0.39 is 0 Å². The Morgan fingerprint density at radius 1 is 1.18 bits per heavy atom. The maximum absolute atomic E-state index is 12.3. The molecule has 1 aromatic rings. The number of rotatable bonds is 5. The molecule has 4 rings (SSSR count). The molecule has 0 aromatic carbocycles. The van der Waals surface area contributed by atoms with E-state index in [2.05, 4.69) is 32.3 Å². The van der Waals surface area contributed by atoms with Crippen molar-refractivity contribution in [2.24, 2.45) is 17.8 Å². The number of nitrogens with one attached hydrogen (secondary N) is 2. The van der Waals surface area contributed by atoms with Crippen molar-refractivity contribution in [3.63, 3.8) is 0 Å². The van der Waals surface area contributed by atoms with Crippen LogP contribution >= 0.6 is 0 Å². The van der Waals surface area contributed by atoms with Gasteiger partial charge in [0.25, 0.3) is 0 Å². The van der Waals surface area contributed by atoms with Gasteiger partial charge in [-0.25, -0.2) is 9.78 Å². The molecule has 1 aliphatic heterocycles. The largest absolute Gasteiger partial charge is 0.354 e. The van der Waals surface area contributed by atoms with Crippen molar-refractivity contribution in [3.05, 3.63) is 24.4 Å². The van der Waals surface area contributed by atoms with Crippen LogP contribution < -0.4 is 15.5 Å². The number of amides is 3. The number of hydrogen-bond donors (Lipinski definition) is 2. The highest BCUT2D eigenvalue weighted by molar-refractivity contribution is 5.95. The van der Waals surface area contributed by atoms with Crippen LogP contribution in [0, 0.1) is 17.8 Å².